The zero-order valence-corrected chi connectivity index (χ0v) is 14.4. The van der Waals surface area contributed by atoms with Crippen LogP contribution in [-0.4, -0.2) is 17.6 Å². The molecule has 0 bridgehead atoms. The third kappa shape index (κ3) is 5.36. The van der Waals surface area contributed by atoms with Crippen molar-refractivity contribution in [3.05, 3.63) is 33.9 Å². The Labute approximate surface area is 130 Å². The minimum atomic E-state index is -2.82. The zero-order valence-electron chi connectivity index (χ0n) is 12.7. The molecule has 1 rings (SSSR count). The molecule has 8 heteroatoms. The van der Waals surface area contributed by atoms with E-state index in [9.17, 15) is 10.1 Å². The Kier molecular flexibility index (Phi) is 6.74. The molecular weight excluding hydrogens is 311 g/mol. The topological polar surface area (TPSA) is 73.6 Å². The summed E-state index contributed by atoms with van der Waals surface area (Å²) >= 11 is 5.44. The van der Waals surface area contributed by atoms with Gasteiger partial charge in [-0.05, 0) is 50.6 Å². The van der Waals surface area contributed by atoms with Crippen LogP contribution in [0.25, 0.3) is 0 Å². The molecule has 2 atom stereocenters. The summed E-state index contributed by atoms with van der Waals surface area (Å²) in [5.41, 5.74) is 0.684. The molecule has 1 aromatic carbocycles. The van der Waals surface area contributed by atoms with Gasteiger partial charge in [-0.3, -0.25) is 10.1 Å². The van der Waals surface area contributed by atoms with Crippen LogP contribution in [0.4, 0.5) is 5.69 Å². The van der Waals surface area contributed by atoms with Crippen molar-refractivity contribution in [3.63, 3.8) is 0 Å². The predicted molar refractivity (Wildman–Crippen MR) is 87.3 cm³/mol. The summed E-state index contributed by atoms with van der Waals surface area (Å²) in [6, 6.07) is 4.87. The molecule has 0 heterocycles. The summed E-state index contributed by atoms with van der Waals surface area (Å²) in [6.07, 6.45) is 0.852. The Balaban J connectivity index is 3.09. The normalized spacial score (nSPS) is 15.2. The Morgan fingerprint density at radius 3 is 2.67 bits per heavy atom. The van der Waals surface area contributed by atoms with Crippen molar-refractivity contribution >= 4 is 24.1 Å². The van der Waals surface area contributed by atoms with Crippen molar-refractivity contribution < 1.29 is 14.0 Å². The first-order chi connectivity index (χ1) is 9.81. The molecule has 2 unspecified atom stereocenters. The Hall–Kier alpha value is -1.01. The van der Waals surface area contributed by atoms with E-state index in [0.717, 1.165) is 12.0 Å². The quantitative estimate of drug-likeness (QED) is 0.442. The third-order valence-electron chi connectivity index (χ3n) is 2.82. The van der Waals surface area contributed by atoms with E-state index in [1.54, 1.807) is 19.1 Å². The lowest BCUT2D eigenvalue weighted by molar-refractivity contribution is -0.385. The first kappa shape index (κ1) is 18.0. The van der Waals surface area contributed by atoms with Gasteiger partial charge in [-0.15, -0.1) is 0 Å². The Morgan fingerprint density at radius 1 is 1.48 bits per heavy atom. The number of benzene rings is 1. The summed E-state index contributed by atoms with van der Waals surface area (Å²) in [7, 11) is 0. The van der Waals surface area contributed by atoms with Crippen LogP contribution in [-0.2, 0) is 16.3 Å². The molecule has 0 saturated carbocycles. The summed E-state index contributed by atoms with van der Waals surface area (Å²) < 4.78 is 11.3. The predicted octanol–water partition coefficient (Wildman–Crippen LogP) is 3.93. The number of hydrogen-bond donors (Lipinski definition) is 1. The molecule has 0 aromatic heterocycles. The van der Waals surface area contributed by atoms with E-state index in [0.29, 0.717) is 6.61 Å². The van der Waals surface area contributed by atoms with Gasteiger partial charge in [-0.2, -0.15) is 0 Å². The van der Waals surface area contributed by atoms with E-state index in [1.165, 1.54) is 6.07 Å². The molecule has 1 N–H and O–H groups in total. The summed E-state index contributed by atoms with van der Waals surface area (Å²) in [5.74, 6) is 0.137. The molecule has 0 aliphatic rings. The van der Waals surface area contributed by atoms with Crippen LogP contribution in [0.5, 0.6) is 5.75 Å². The highest BCUT2D eigenvalue weighted by molar-refractivity contribution is 8.09. The number of aryl methyl sites for hydroxylation is 1. The van der Waals surface area contributed by atoms with Gasteiger partial charge in [0.25, 0.3) is 0 Å². The second-order valence-corrected chi connectivity index (χ2v) is 7.81. The van der Waals surface area contributed by atoms with E-state index in [2.05, 4.69) is 5.09 Å². The van der Waals surface area contributed by atoms with Crippen LogP contribution < -0.4 is 9.61 Å². The van der Waals surface area contributed by atoms with E-state index in [-0.39, 0.29) is 17.5 Å². The van der Waals surface area contributed by atoms with Crippen molar-refractivity contribution in [2.45, 2.75) is 40.2 Å². The van der Waals surface area contributed by atoms with Crippen molar-refractivity contribution in [3.8, 4) is 5.75 Å². The fraction of sp³-hybridized carbons (Fsp3) is 0.538. The molecule has 1 aromatic rings. The van der Waals surface area contributed by atoms with E-state index in [4.69, 9.17) is 20.9 Å². The second-order valence-electron chi connectivity index (χ2n) is 4.67. The van der Waals surface area contributed by atoms with Crippen molar-refractivity contribution in [1.82, 2.24) is 5.09 Å². The number of nitrogens with zero attached hydrogens (tertiary/aromatic N) is 1. The third-order valence-corrected chi connectivity index (χ3v) is 5.47. The molecule has 0 radical (unpaired) electrons. The van der Waals surface area contributed by atoms with Gasteiger partial charge in [-0.1, -0.05) is 13.0 Å². The van der Waals surface area contributed by atoms with Crippen LogP contribution in [0.15, 0.2) is 18.2 Å². The smallest absolute Gasteiger partial charge is 0.313 e. The van der Waals surface area contributed by atoms with Crippen LogP contribution in [0.1, 0.15) is 32.8 Å². The monoisotopic (exact) mass is 332 g/mol. The molecule has 0 spiro atoms. The minimum absolute atomic E-state index is 0.102. The minimum Gasteiger partial charge on any atom is -0.425 e. The number of nitro groups is 1. The summed E-state index contributed by atoms with van der Waals surface area (Å²) in [5, 5.41) is 14.3. The highest BCUT2D eigenvalue weighted by Gasteiger charge is 2.26. The highest BCUT2D eigenvalue weighted by Crippen LogP contribution is 2.47. The van der Waals surface area contributed by atoms with Gasteiger partial charge in [0.1, 0.15) is 0 Å². The average Bonchev–Trinajstić information content (AvgIpc) is 2.40. The Bertz CT molecular complexity index is 553. The first-order valence-electron chi connectivity index (χ1n) is 6.78. The number of nitrogens with one attached hydrogen (secondary N) is 1. The van der Waals surface area contributed by atoms with Gasteiger partial charge in [-0.25, -0.2) is 5.09 Å². The van der Waals surface area contributed by atoms with Gasteiger partial charge >= 0.3 is 12.3 Å². The van der Waals surface area contributed by atoms with E-state index < -0.39 is 11.6 Å². The fourth-order valence-corrected chi connectivity index (χ4v) is 4.35. The standard InChI is InChI=1S/C13H21N2O4PS/c1-5-11(4)14-20(21,18-6-2)19-13-8-7-10(3)9-12(13)15(16)17/h7-9,11H,5-6H2,1-4H3,(H,14,21). The molecule has 0 saturated heterocycles. The first-order valence-corrected chi connectivity index (χ1v) is 9.42. The van der Waals surface area contributed by atoms with Crippen molar-refractivity contribution in [2.75, 3.05) is 6.61 Å². The van der Waals surface area contributed by atoms with Crippen LogP contribution in [0, 0.1) is 17.0 Å². The SMILES string of the molecule is CCOP(=S)(NC(C)CC)Oc1ccc(C)cc1[N+](=O)[O-]. The lowest BCUT2D eigenvalue weighted by Crippen LogP contribution is -2.25. The van der Waals surface area contributed by atoms with Gasteiger partial charge in [0.2, 0.25) is 5.75 Å². The maximum Gasteiger partial charge on any atom is 0.313 e. The summed E-state index contributed by atoms with van der Waals surface area (Å²) in [4.78, 5) is 10.7. The molecule has 118 valence electrons. The van der Waals surface area contributed by atoms with E-state index in [1.807, 2.05) is 20.8 Å². The maximum absolute atomic E-state index is 11.1. The van der Waals surface area contributed by atoms with Gasteiger partial charge in [0.05, 0.1) is 11.5 Å². The number of hydrogen-bond acceptors (Lipinski definition) is 5. The largest absolute Gasteiger partial charge is 0.425 e. The molecule has 0 fully saturated rings. The fourth-order valence-electron chi connectivity index (χ4n) is 1.60. The second kappa shape index (κ2) is 7.84. The maximum atomic E-state index is 11.1. The molecule has 21 heavy (non-hydrogen) atoms. The molecule has 0 aliphatic carbocycles. The molecule has 6 nitrogen and oxygen atoms in total. The molecular formula is C13H21N2O4PS. The van der Waals surface area contributed by atoms with Gasteiger partial charge in [0, 0.05) is 12.1 Å². The number of nitro benzene ring substituents is 1. The van der Waals surface area contributed by atoms with Gasteiger partial charge in [0.15, 0.2) is 0 Å². The van der Waals surface area contributed by atoms with Gasteiger partial charge < -0.3 is 9.05 Å². The van der Waals surface area contributed by atoms with Crippen LogP contribution in [0.2, 0.25) is 0 Å². The van der Waals surface area contributed by atoms with Crippen molar-refractivity contribution in [2.24, 2.45) is 0 Å². The summed E-state index contributed by atoms with van der Waals surface area (Å²) in [6.45, 7) is 5.13. The van der Waals surface area contributed by atoms with Crippen molar-refractivity contribution in [1.29, 1.82) is 0 Å². The average molecular weight is 332 g/mol. The highest BCUT2D eigenvalue weighted by atomic mass is 32.5. The molecule has 0 amide bonds. The van der Waals surface area contributed by atoms with E-state index >= 15 is 0 Å². The molecule has 0 aliphatic heterocycles. The number of rotatable bonds is 8. The lowest BCUT2D eigenvalue weighted by Gasteiger charge is -2.25. The lowest BCUT2D eigenvalue weighted by atomic mass is 10.2. The Morgan fingerprint density at radius 2 is 2.14 bits per heavy atom. The van der Waals surface area contributed by atoms with Crippen LogP contribution >= 0.6 is 6.64 Å². The zero-order chi connectivity index (χ0) is 16.0. The van der Waals surface area contributed by atoms with Crippen LogP contribution in [0.3, 0.4) is 0 Å².